The molecule has 2 aromatic heterocycles. The first-order valence-electron chi connectivity index (χ1n) is 6.69. The summed E-state index contributed by atoms with van der Waals surface area (Å²) in [6.45, 7) is 2.75. The average Bonchev–Trinajstić information content (AvgIpc) is 3.06. The molecule has 1 atom stereocenters. The van der Waals surface area contributed by atoms with Crippen LogP contribution in [0, 0.1) is 5.92 Å². The minimum atomic E-state index is 0.244. The first-order chi connectivity index (χ1) is 9.71. The number of nitrogens with one attached hydrogen (secondary N) is 1. The number of aryl methyl sites for hydroxylation is 1. The summed E-state index contributed by atoms with van der Waals surface area (Å²) in [5.41, 5.74) is 3.37. The maximum absolute atomic E-state index is 9.19. The number of likely N-dealkylation sites (tertiary alicyclic amines) is 1. The van der Waals surface area contributed by atoms with Gasteiger partial charge in [-0.1, -0.05) is 0 Å². The van der Waals surface area contributed by atoms with Crippen molar-refractivity contribution in [1.82, 2.24) is 24.6 Å². The lowest BCUT2D eigenvalue weighted by atomic mass is 10.1. The van der Waals surface area contributed by atoms with Gasteiger partial charge in [0.1, 0.15) is 5.82 Å². The van der Waals surface area contributed by atoms with Gasteiger partial charge in [0.05, 0.1) is 18.1 Å². The highest BCUT2D eigenvalue weighted by atomic mass is 16.3. The predicted octanol–water partition coefficient (Wildman–Crippen LogP) is -0.537. The van der Waals surface area contributed by atoms with E-state index in [4.69, 9.17) is 5.84 Å². The summed E-state index contributed by atoms with van der Waals surface area (Å²) in [4.78, 5) is 11.2. The molecule has 0 spiro atoms. The molecule has 1 saturated heterocycles. The molecule has 0 aromatic carbocycles. The number of hydrogen-bond donors (Lipinski definition) is 3. The van der Waals surface area contributed by atoms with E-state index in [1.165, 1.54) is 0 Å². The number of nitrogens with two attached hydrogens (primary N) is 1. The fourth-order valence-corrected chi connectivity index (χ4v) is 2.65. The molecule has 0 radical (unpaired) electrons. The van der Waals surface area contributed by atoms with Gasteiger partial charge in [0.25, 0.3) is 0 Å². The van der Waals surface area contributed by atoms with Crippen LogP contribution in [-0.4, -0.2) is 49.5 Å². The van der Waals surface area contributed by atoms with E-state index in [0.29, 0.717) is 24.1 Å². The molecule has 1 unspecified atom stereocenters. The summed E-state index contributed by atoms with van der Waals surface area (Å²) in [6.07, 6.45) is 2.72. The SMILES string of the molecule is Cn1ncc2c(NN)nc(CN3CCC(CO)C3)nc21. The van der Waals surface area contributed by atoms with Crippen LogP contribution in [0.25, 0.3) is 11.0 Å². The van der Waals surface area contributed by atoms with Crippen LogP contribution in [0.1, 0.15) is 12.2 Å². The Morgan fingerprint density at radius 2 is 2.35 bits per heavy atom. The number of nitrogen functional groups attached to an aromatic ring is 1. The minimum Gasteiger partial charge on any atom is -0.396 e. The molecular weight excluding hydrogens is 258 g/mol. The van der Waals surface area contributed by atoms with E-state index in [1.807, 2.05) is 7.05 Å². The van der Waals surface area contributed by atoms with Crippen molar-refractivity contribution in [3.8, 4) is 0 Å². The molecular formula is C12H19N7O. The van der Waals surface area contributed by atoms with Crippen LogP contribution in [0.15, 0.2) is 6.20 Å². The number of rotatable bonds is 4. The number of hydrazine groups is 1. The van der Waals surface area contributed by atoms with Gasteiger partial charge in [0.15, 0.2) is 11.5 Å². The lowest BCUT2D eigenvalue weighted by Gasteiger charge is -2.15. The third-order valence-electron chi connectivity index (χ3n) is 3.77. The molecule has 3 heterocycles. The molecule has 1 aliphatic rings. The molecule has 0 bridgehead atoms. The van der Waals surface area contributed by atoms with Gasteiger partial charge in [-0.05, 0) is 18.9 Å². The highest BCUT2D eigenvalue weighted by Crippen LogP contribution is 2.21. The van der Waals surface area contributed by atoms with Crippen LogP contribution in [-0.2, 0) is 13.6 Å². The maximum atomic E-state index is 9.19. The van der Waals surface area contributed by atoms with Crippen molar-refractivity contribution in [1.29, 1.82) is 0 Å². The molecule has 3 rings (SSSR count). The number of aromatic nitrogens is 4. The summed E-state index contributed by atoms with van der Waals surface area (Å²) >= 11 is 0. The second-order valence-electron chi connectivity index (χ2n) is 5.21. The van der Waals surface area contributed by atoms with Crippen LogP contribution in [0.3, 0.4) is 0 Å². The van der Waals surface area contributed by atoms with Crippen LogP contribution in [0.4, 0.5) is 5.82 Å². The number of anilines is 1. The number of nitrogens with zero attached hydrogens (tertiary/aromatic N) is 5. The van der Waals surface area contributed by atoms with E-state index in [9.17, 15) is 5.11 Å². The van der Waals surface area contributed by atoms with Gasteiger partial charge in [-0.3, -0.25) is 9.58 Å². The van der Waals surface area contributed by atoms with Gasteiger partial charge in [-0.25, -0.2) is 15.8 Å². The summed E-state index contributed by atoms with van der Waals surface area (Å²) < 4.78 is 1.71. The third kappa shape index (κ3) is 2.33. The topological polar surface area (TPSA) is 105 Å². The number of fused-ring (bicyclic) bond motifs is 1. The highest BCUT2D eigenvalue weighted by Gasteiger charge is 2.23. The van der Waals surface area contributed by atoms with Crippen LogP contribution >= 0.6 is 0 Å². The molecule has 4 N–H and O–H groups in total. The van der Waals surface area contributed by atoms with E-state index >= 15 is 0 Å². The number of aliphatic hydroxyl groups excluding tert-OH is 1. The second kappa shape index (κ2) is 5.31. The molecule has 8 nitrogen and oxygen atoms in total. The molecule has 0 amide bonds. The van der Waals surface area contributed by atoms with Crippen molar-refractivity contribution in [2.75, 3.05) is 25.1 Å². The molecule has 108 valence electrons. The van der Waals surface area contributed by atoms with Gasteiger partial charge in [-0.15, -0.1) is 0 Å². The lowest BCUT2D eigenvalue weighted by molar-refractivity contribution is 0.219. The van der Waals surface area contributed by atoms with Crippen LogP contribution in [0.5, 0.6) is 0 Å². The fraction of sp³-hybridized carbons (Fsp3) is 0.583. The van der Waals surface area contributed by atoms with Crippen LogP contribution < -0.4 is 11.3 Å². The summed E-state index contributed by atoms with van der Waals surface area (Å²) in [6, 6.07) is 0. The van der Waals surface area contributed by atoms with Crippen molar-refractivity contribution >= 4 is 16.9 Å². The molecule has 0 saturated carbocycles. The van der Waals surface area contributed by atoms with Crippen molar-refractivity contribution < 1.29 is 5.11 Å². The normalized spacial score (nSPS) is 19.9. The van der Waals surface area contributed by atoms with E-state index in [2.05, 4.69) is 25.4 Å². The van der Waals surface area contributed by atoms with E-state index in [-0.39, 0.29) is 6.61 Å². The van der Waals surface area contributed by atoms with Crippen LogP contribution in [0.2, 0.25) is 0 Å². The molecule has 1 fully saturated rings. The zero-order valence-electron chi connectivity index (χ0n) is 11.5. The van der Waals surface area contributed by atoms with Crippen molar-refractivity contribution in [2.45, 2.75) is 13.0 Å². The Hall–Kier alpha value is -1.77. The smallest absolute Gasteiger partial charge is 0.163 e. The lowest BCUT2D eigenvalue weighted by Crippen LogP contribution is -2.23. The van der Waals surface area contributed by atoms with Gasteiger partial charge in [0, 0.05) is 20.2 Å². The third-order valence-corrected chi connectivity index (χ3v) is 3.77. The highest BCUT2D eigenvalue weighted by molar-refractivity contribution is 5.86. The largest absolute Gasteiger partial charge is 0.396 e. The Balaban J connectivity index is 1.86. The Labute approximate surface area is 116 Å². The molecule has 2 aromatic rings. The number of aliphatic hydroxyl groups is 1. The fourth-order valence-electron chi connectivity index (χ4n) is 2.65. The van der Waals surface area contributed by atoms with E-state index in [1.54, 1.807) is 10.9 Å². The van der Waals surface area contributed by atoms with Crippen molar-refractivity contribution in [3.63, 3.8) is 0 Å². The average molecular weight is 277 g/mol. The van der Waals surface area contributed by atoms with Gasteiger partial charge in [-0.2, -0.15) is 5.10 Å². The molecule has 20 heavy (non-hydrogen) atoms. The van der Waals surface area contributed by atoms with Crippen molar-refractivity contribution in [2.24, 2.45) is 18.8 Å². The zero-order valence-corrected chi connectivity index (χ0v) is 11.5. The predicted molar refractivity (Wildman–Crippen MR) is 74.6 cm³/mol. The Morgan fingerprint density at radius 1 is 1.50 bits per heavy atom. The molecule has 1 aliphatic heterocycles. The summed E-state index contributed by atoms with van der Waals surface area (Å²) in [5.74, 6) is 7.19. The maximum Gasteiger partial charge on any atom is 0.163 e. The first kappa shape index (κ1) is 13.2. The molecule has 0 aliphatic carbocycles. The number of hydrogen-bond acceptors (Lipinski definition) is 7. The summed E-state index contributed by atoms with van der Waals surface area (Å²) in [5, 5.41) is 14.2. The Bertz CT molecular complexity index is 611. The second-order valence-corrected chi connectivity index (χ2v) is 5.21. The van der Waals surface area contributed by atoms with E-state index in [0.717, 1.165) is 30.5 Å². The Morgan fingerprint density at radius 3 is 3.05 bits per heavy atom. The van der Waals surface area contributed by atoms with Gasteiger partial charge < -0.3 is 10.5 Å². The standard InChI is InChI=1S/C12H19N7O/c1-18-12-9(4-14-18)11(17-13)15-10(16-12)6-19-3-2-8(5-19)7-20/h4,8,20H,2-3,5-7,13H2,1H3,(H,15,16,17). The zero-order chi connectivity index (χ0) is 14.1. The Kier molecular flexibility index (Phi) is 3.51. The quantitative estimate of drug-likeness (QED) is 0.509. The summed E-state index contributed by atoms with van der Waals surface area (Å²) in [7, 11) is 1.84. The first-order valence-corrected chi connectivity index (χ1v) is 6.69. The van der Waals surface area contributed by atoms with Gasteiger partial charge >= 0.3 is 0 Å². The van der Waals surface area contributed by atoms with Gasteiger partial charge in [0.2, 0.25) is 0 Å². The minimum absolute atomic E-state index is 0.244. The molecule has 8 heteroatoms. The van der Waals surface area contributed by atoms with E-state index < -0.39 is 0 Å². The van der Waals surface area contributed by atoms with Crippen molar-refractivity contribution in [3.05, 3.63) is 12.0 Å². The monoisotopic (exact) mass is 277 g/mol.